The first kappa shape index (κ1) is 35.5. The number of amides is 3. The number of nitrogens with zero attached hydrogens (tertiary/aromatic N) is 9. The fourth-order valence-electron chi connectivity index (χ4n) is 7.50. The van der Waals surface area contributed by atoms with Gasteiger partial charge in [-0.05, 0) is 81.7 Å². The number of carbonyl (C=O) groups is 3. The number of carbonyl (C=O) groups excluding carboxylic acids is 3. The van der Waals surface area contributed by atoms with Gasteiger partial charge in [-0.1, -0.05) is 12.1 Å². The molecule has 7 rings (SSSR count). The van der Waals surface area contributed by atoms with Crippen LogP contribution in [0.5, 0.6) is 0 Å². The van der Waals surface area contributed by atoms with Gasteiger partial charge in [0.05, 0.1) is 23.7 Å². The lowest BCUT2D eigenvalue weighted by molar-refractivity contribution is -0.134. The number of pyridine rings is 1. The van der Waals surface area contributed by atoms with Gasteiger partial charge in [0.1, 0.15) is 23.5 Å². The Morgan fingerprint density at radius 2 is 1.77 bits per heavy atom. The van der Waals surface area contributed by atoms with Crippen molar-refractivity contribution in [3.63, 3.8) is 0 Å². The van der Waals surface area contributed by atoms with E-state index in [9.17, 15) is 24.9 Å². The topological polar surface area (TPSA) is 198 Å². The molecule has 3 aromatic heterocycles. The number of hydrogen-bond acceptors (Lipinski definition) is 12. The van der Waals surface area contributed by atoms with Crippen LogP contribution in [0.4, 0.5) is 11.5 Å². The average Bonchev–Trinajstić information content (AvgIpc) is 3.61. The highest BCUT2D eigenvalue weighted by atomic mass is 16.2. The summed E-state index contributed by atoms with van der Waals surface area (Å²) < 4.78 is 1.44. The maximum Gasteiger partial charge on any atom is 0.256 e. The molecule has 1 unspecified atom stereocenters. The van der Waals surface area contributed by atoms with Crippen molar-refractivity contribution in [2.75, 3.05) is 42.9 Å². The minimum atomic E-state index is -0.605. The maximum absolute atomic E-state index is 13.5. The second kappa shape index (κ2) is 15.8. The molecule has 272 valence electrons. The predicted octanol–water partition coefficient (Wildman–Crippen LogP) is 3.43. The van der Waals surface area contributed by atoms with E-state index in [-0.39, 0.29) is 47.0 Å². The maximum atomic E-state index is 13.5. The van der Waals surface area contributed by atoms with Crippen LogP contribution in [0.2, 0.25) is 0 Å². The summed E-state index contributed by atoms with van der Waals surface area (Å²) in [5.74, 6) is 0.0743. The molecule has 3 amide bonds. The summed E-state index contributed by atoms with van der Waals surface area (Å²) in [5.41, 5.74) is 3.24. The Balaban J connectivity index is 0.879. The molecule has 1 saturated carbocycles. The van der Waals surface area contributed by atoms with Crippen molar-refractivity contribution in [3.05, 3.63) is 65.6 Å². The Labute approximate surface area is 307 Å². The van der Waals surface area contributed by atoms with Crippen molar-refractivity contribution in [2.45, 2.75) is 69.9 Å². The number of piperidine rings is 1. The van der Waals surface area contributed by atoms with Gasteiger partial charge in [-0.2, -0.15) is 25.3 Å². The zero-order valence-corrected chi connectivity index (χ0v) is 29.7. The van der Waals surface area contributed by atoms with E-state index in [1.165, 1.54) is 17.1 Å². The Kier molecular flexibility index (Phi) is 10.5. The third kappa shape index (κ3) is 8.10. The van der Waals surface area contributed by atoms with E-state index >= 15 is 0 Å². The first-order chi connectivity index (χ1) is 25.8. The number of piperazine rings is 1. The lowest BCUT2D eigenvalue weighted by atomic mass is 9.84. The summed E-state index contributed by atoms with van der Waals surface area (Å²) in [7, 11) is 0. The van der Waals surface area contributed by atoms with Gasteiger partial charge in [-0.15, -0.1) is 0 Å². The lowest BCUT2D eigenvalue weighted by Crippen LogP contribution is -2.47. The molecule has 0 radical (unpaired) electrons. The molecule has 0 bridgehead atoms. The van der Waals surface area contributed by atoms with Gasteiger partial charge in [0.2, 0.25) is 11.8 Å². The highest BCUT2D eigenvalue weighted by Gasteiger charge is 2.29. The van der Waals surface area contributed by atoms with Crippen LogP contribution in [0.25, 0.3) is 17.0 Å². The molecule has 15 nitrogen and oxygen atoms in total. The van der Waals surface area contributed by atoms with Crippen LogP contribution in [0, 0.1) is 28.6 Å². The van der Waals surface area contributed by atoms with Crippen molar-refractivity contribution < 1.29 is 14.4 Å². The summed E-state index contributed by atoms with van der Waals surface area (Å²) in [6.45, 7) is 6.63. The SMILES string of the molecule is C[C@H](C#N)Nc1nc(-n2ncc3cc(C#N)cnc32)ncc1C(=O)NC1CCC(CCN2CCN(c3ccc(C4CCC(=O)NC4=O)cc3)CC2)CC1. The largest absolute Gasteiger partial charge is 0.369 e. The number of imide groups is 1. The van der Waals surface area contributed by atoms with Crippen LogP contribution >= 0.6 is 0 Å². The van der Waals surface area contributed by atoms with Crippen LogP contribution in [-0.2, 0) is 9.59 Å². The molecule has 1 aliphatic carbocycles. The monoisotopic (exact) mass is 714 g/mol. The Morgan fingerprint density at radius 3 is 2.49 bits per heavy atom. The number of benzene rings is 1. The zero-order chi connectivity index (χ0) is 36.9. The first-order valence-corrected chi connectivity index (χ1v) is 18.3. The third-order valence-electron chi connectivity index (χ3n) is 10.6. The fraction of sp³-hybridized carbons (Fsp3) is 0.447. The quantitative estimate of drug-likeness (QED) is 0.203. The van der Waals surface area contributed by atoms with E-state index in [1.54, 1.807) is 19.2 Å². The minimum Gasteiger partial charge on any atom is -0.369 e. The minimum absolute atomic E-state index is 0.0400. The van der Waals surface area contributed by atoms with E-state index in [1.807, 2.05) is 12.1 Å². The van der Waals surface area contributed by atoms with Crippen molar-refractivity contribution in [1.29, 1.82) is 10.5 Å². The molecule has 0 spiro atoms. The normalized spacial score (nSPS) is 21.3. The van der Waals surface area contributed by atoms with Gasteiger partial charge < -0.3 is 15.5 Å². The van der Waals surface area contributed by atoms with Crippen LogP contribution in [0.1, 0.15) is 79.3 Å². The number of anilines is 2. The fourth-order valence-corrected chi connectivity index (χ4v) is 7.50. The van der Waals surface area contributed by atoms with Crippen LogP contribution in [0.15, 0.2) is 48.9 Å². The third-order valence-corrected chi connectivity index (χ3v) is 10.6. The summed E-state index contributed by atoms with van der Waals surface area (Å²) >= 11 is 0. The van der Waals surface area contributed by atoms with Crippen molar-refractivity contribution in [3.8, 4) is 18.1 Å². The lowest BCUT2D eigenvalue weighted by Gasteiger charge is -2.37. The Morgan fingerprint density at radius 1 is 1.00 bits per heavy atom. The number of fused-ring (bicyclic) bond motifs is 1. The molecule has 3 aliphatic rings. The molecular weight excluding hydrogens is 672 g/mol. The van der Waals surface area contributed by atoms with Gasteiger partial charge in [0.25, 0.3) is 11.9 Å². The molecule has 3 N–H and O–H groups in total. The zero-order valence-electron chi connectivity index (χ0n) is 29.7. The van der Waals surface area contributed by atoms with Gasteiger partial charge in [0, 0.05) is 62.1 Å². The van der Waals surface area contributed by atoms with E-state index in [2.05, 4.69) is 70.1 Å². The van der Waals surface area contributed by atoms with Crippen molar-refractivity contribution >= 4 is 40.3 Å². The molecule has 5 heterocycles. The molecule has 2 atom stereocenters. The van der Waals surface area contributed by atoms with Gasteiger partial charge >= 0.3 is 0 Å². The second-order valence-corrected chi connectivity index (χ2v) is 14.1. The highest BCUT2D eigenvalue weighted by Crippen LogP contribution is 2.30. The van der Waals surface area contributed by atoms with Crippen molar-refractivity contribution in [2.24, 2.45) is 5.92 Å². The highest BCUT2D eigenvalue weighted by molar-refractivity contribution is 6.01. The predicted molar refractivity (Wildman–Crippen MR) is 196 cm³/mol. The number of nitriles is 2. The molecule has 3 fully saturated rings. The van der Waals surface area contributed by atoms with E-state index in [0.717, 1.165) is 76.1 Å². The summed E-state index contributed by atoms with van der Waals surface area (Å²) in [6.07, 6.45) is 10.4. The average molecular weight is 715 g/mol. The number of hydrogen-bond donors (Lipinski definition) is 3. The van der Waals surface area contributed by atoms with Crippen LogP contribution in [-0.4, -0.2) is 92.2 Å². The second-order valence-electron chi connectivity index (χ2n) is 14.1. The molecule has 1 aromatic carbocycles. The van der Waals surface area contributed by atoms with Crippen LogP contribution < -0.4 is 20.9 Å². The molecule has 4 aromatic rings. The first-order valence-electron chi connectivity index (χ1n) is 18.3. The van der Waals surface area contributed by atoms with Crippen molar-refractivity contribution in [1.82, 2.24) is 40.3 Å². The van der Waals surface area contributed by atoms with Gasteiger partial charge in [0.15, 0.2) is 5.65 Å². The summed E-state index contributed by atoms with van der Waals surface area (Å²) in [4.78, 5) is 55.5. The Hall–Kier alpha value is -5.93. The van der Waals surface area contributed by atoms with E-state index in [0.29, 0.717) is 35.4 Å². The number of rotatable bonds is 10. The molecule has 15 heteroatoms. The van der Waals surface area contributed by atoms with Gasteiger partial charge in [-0.25, -0.2) is 9.97 Å². The standard InChI is InChI=1S/C38H42N12O3/c1-24(19-39)44-34-32(23-42-38(47-34)50-35-28(22-43-50)18-26(20-40)21-41-35)37(53)45-29-6-2-25(3-7-29)12-13-48-14-16-49(17-15-48)30-8-4-27(5-9-30)31-10-11-33(51)46-36(31)52/h4-5,8-9,18,21-25,29,31H,2-3,6-7,10-17H2,1H3,(H,45,53)(H,42,44,47)(H,46,51,52)/t24-,25?,29?,31?/m1/s1. The summed E-state index contributed by atoms with van der Waals surface area (Å²) in [5, 5.41) is 32.3. The molecule has 2 saturated heterocycles. The Bertz CT molecular complexity index is 2070. The van der Waals surface area contributed by atoms with Gasteiger partial charge in [-0.3, -0.25) is 24.6 Å². The van der Waals surface area contributed by atoms with E-state index < -0.39 is 6.04 Å². The van der Waals surface area contributed by atoms with E-state index in [4.69, 9.17) is 0 Å². The summed E-state index contributed by atoms with van der Waals surface area (Å²) in [6, 6.07) is 13.5. The molecule has 53 heavy (non-hydrogen) atoms. The number of aromatic nitrogens is 5. The van der Waals surface area contributed by atoms with Crippen LogP contribution in [0.3, 0.4) is 0 Å². The smallest absolute Gasteiger partial charge is 0.256 e. The number of nitrogens with one attached hydrogen (secondary N) is 3. The molecule has 2 aliphatic heterocycles. The molecular formula is C38H42N12O3.